The molecule has 7 nitrogen and oxygen atoms in total. The van der Waals surface area contributed by atoms with Gasteiger partial charge in [0.2, 0.25) is 5.91 Å². The summed E-state index contributed by atoms with van der Waals surface area (Å²) in [7, 11) is 0. The summed E-state index contributed by atoms with van der Waals surface area (Å²) < 4.78 is 33.2. The molecule has 2 amide bonds. The molecule has 0 aliphatic carbocycles. The van der Waals surface area contributed by atoms with Crippen LogP contribution < -0.4 is 4.74 Å². The van der Waals surface area contributed by atoms with Crippen LogP contribution in [0.1, 0.15) is 65.6 Å². The van der Waals surface area contributed by atoms with Crippen molar-refractivity contribution in [2.24, 2.45) is 5.92 Å². The number of hydrogen-bond acceptors (Lipinski definition) is 4. The maximum Gasteiger partial charge on any atom is 0.387 e. The number of halogens is 2. The Morgan fingerprint density at radius 1 is 1.22 bits per heavy atom. The van der Waals surface area contributed by atoms with Crippen molar-refractivity contribution < 1.29 is 50.4 Å². The largest absolute Gasteiger partial charge is 0.640 e. The Labute approximate surface area is 232 Å². The Hall–Kier alpha value is -3.01. The van der Waals surface area contributed by atoms with E-state index < -0.39 is 24.6 Å². The third-order valence-electron chi connectivity index (χ3n) is 7.25. The second kappa shape index (κ2) is 10.0. The van der Waals surface area contributed by atoms with Crippen LogP contribution in [0.15, 0.2) is 36.4 Å². The van der Waals surface area contributed by atoms with Crippen molar-refractivity contribution in [2.45, 2.75) is 44.9 Å². The molecule has 37 heavy (non-hydrogen) atoms. The van der Waals surface area contributed by atoms with Gasteiger partial charge in [0, 0.05) is 69.9 Å². The van der Waals surface area contributed by atoms with E-state index in [0.717, 1.165) is 42.5 Å². The van der Waals surface area contributed by atoms with Crippen LogP contribution in [0, 0.1) is 17.8 Å². The van der Waals surface area contributed by atoms with E-state index in [0.29, 0.717) is 17.8 Å². The van der Waals surface area contributed by atoms with Crippen LogP contribution in [0.4, 0.5) is 8.78 Å². The first kappa shape index (κ1) is 25.6. The van der Waals surface area contributed by atoms with E-state index in [1.54, 1.807) is 13.0 Å². The van der Waals surface area contributed by atoms with Crippen LogP contribution in [0.25, 0.3) is 16.4 Å². The van der Waals surface area contributed by atoms with E-state index in [2.05, 4.69) is 17.2 Å². The van der Waals surface area contributed by atoms with Crippen molar-refractivity contribution in [3.05, 3.63) is 64.2 Å². The third kappa shape index (κ3) is 4.60. The second-order valence-corrected chi connectivity index (χ2v) is 9.39. The van der Waals surface area contributed by atoms with Crippen molar-refractivity contribution in [3.8, 4) is 17.6 Å². The second-order valence-electron chi connectivity index (χ2n) is 9.39. The summed E-state index contributed by atoms with van der Waals surface area (Å²) in [5.41, 5.74) is 3.07. The molecule has 2 aromatic carbocycles. The standard InChI is InChI=1S/C27H24F2N4O3.Cd/c1-15(34)32-11-9-16(10-12-32)5-6-17-7-8-19-21(13-17)33-22-14-20(25(33)30-19)31-26(35)18-3-2-4-23(24(18)22)36-27(28)29;/h2-4,7-8,13,16,20,22,27H,9-12,14H2,1H3,(H,31,35);/p-1/t20-,22-;/m1./s1. The molecule has 3 aromatic rings. The van der Waals surface area contributed by atoms with Gasteiger partial charge in [0.1, 0.15) is 5.75 Å². The van der Waals surface area contributed by atoms with Gasteiger partial charge in [-0.1, -0.05) is 30.0 Å². The van der Waals surface area contributed by atoms with Gasteiger partial charge in [-0.2, -0.15) is 8.78 Å². The van der Waals surface area contributed by atoms with Gasteiger partial charge in [-0.05, 0) is 43.5 Å². The average molecular weight is 602 g/mol. The van der Waals surface area contributed by atoms with Crippen LogP contribution in [0.2, 0.25) is 0 Å². The number of piperidine rings is 1. The minimum absolute atomic E-state index is 0. The van der Waals surface area contributed by atoms with Crippen LogP contribution >= 0.6 is 0 Å². The van der Waals surface area contributed by atoms with Gasteiger partial charge < -0.3 is 24.3 Å². The van der Waals surface area contributed by atoms with Crippen molar-refractivity contribution in [1.82, 2.24) is 14.5 Å². The summed E-state index contributed by atoms with van der Waals surface area (Å²) >= 11 is 0. The number of fused-ring (bicyclic) bond motifs is 9. The van der Waals surface area contributed by atoms with Gasteiger partial charge in [-0.3, -0.25) is 4.79 Å². The number of benzene rings is 2. The zero-order valence-electron chi connectivity index (χ0n) is 20.3. The predicted octanol–water partition coefficient (Wildman–Crippen LogP) is 4.81. The number of carbonyl (C=O) groups is 2. The minimum atomic E-state index is -3.01. The molecule has 4 heterocycles. The number of amides is 2. The fourth-order valence-electron chi connectivity index (χ4n) is 5.54. The Morgan fingerprint density at radius 2 is 2.00 bits per heavy atom. The van der Waals surface area contributed by atoms with Gasteiger partial charge >= 0.3 is 6.61 Å². The summed E-state index contributed by atoms with van der Waals surface area (Å²) in [5.74, 6) is 7.12. The molecule has 1 fully saturated rings. The Balaban J connectivity index is 0.00000280. The van der Waals surface area contributed by atoms with E-state index >= 15 is 0 Å². The summed E-state index contributed by atoms with van der Waals surface area (Å²) in [6, 6.07) is 9.49. The molecule has 0 spiro atoms. The molecule has 0 radical (unpaired) electrons. The van der Waals surface area contributed by atoms with Gasteiger partial charge in [-0.15, -0.1) is 0 Å². The molecule has 0 saturated carbocycles. The van der Waals surface area contributed by atoms with Crippen LogP contribution in [-0.2, 0) is 32.1 Å². The zero-order valence-corrected chi connectivity index (χ0v) is 24.3. The maximum atomic E-state index is 13.2. The first-order valence-electron chi connectivity index (χ1n) is 12.0. The first-order chi connectivity index (χ1) is 17.4. The number of aromatic nitrogens is 2. The van der Waals surface area contributed by atoms with E-state index in [4.69, 9.17) is 9.72 Å². The van der Waals surface area contributed by atoms with E-state index in [9.17, 15) is 18.4 Å². The minimum Gasteiger partial charge on any atom is -0.640 e. The molecule has 3 aliphatic heterocycles. The Kier molecular flexibility index (Phi) is 6.96. The summed E-state index contributed by atoms with van der Waals surface area (Å²) in [6.45, 7) is 0.0219. The van der Waals surface area contributed by atoms with E-state index in [1.165, 1.54) is 12.1 Å². The zero-order chi connectivity index (χ0) is 25.0. The molecular weight excluding hydrogens is 579 g/mol. The van der Waals surface area contributed by atoms with Gasteiger partial charge in [0.05, 0.1) is 28.8 Å². The number of nitrogens with zero attached hydrogens (tertiary/aromatic N) is 4. The third-order valence-corrected chi connectivity index (χ3v) is 7.25. The number of ether oxygens (including phenoxy) is 1. The molecule has 2 bridgehead atoms. The fourth-order valence-corrected chi connectivity index (χ4v) is 5.54. The Morgan fingerprint density at radius 3 is 2.73 bits per heavy atom. The van der Waals surface area contributed by atoms with Crippen LogP contribution in [0.5, 0.6) is 5.75 Å². The topological polar surface area (TPSA) is 78.5 Å². The molecule has 0 N–H and O–H groups in total. The van der Waals surface area contributed by atoms with Crippen molar-refractivity contribution in [3.63, 3.8) is 0 Å². The van der Waals surface area contributed by atoms with Gasteiger partial charge in [0.25, 0.3) is 0 Å². The fraction of sp³-hybridized carbons (Fsp3) is 0.370. The average Bonchev–Trinajstić information content (AvgIpc) is 3.34. The summed E-state index contributed by atoms with van der Waals surface area (Å²) in [5, 5.41) is 4.35. The number of imidazole rings is 1. The molecule has 2 atom stereocenters. The number of alkyl halides is 2. The molecular formula is C27H23CdF2N4O3-. The first-order valence-corrected chi connectivity index (χ1v) is 12.0. The SMILES string of the molecule is CC(=O)N1CCC(C#Cc2ccc3nc4n(c3c2)[C@@H]2C[C@H]4[N-]C(=O)c3cccc(OC(F)F)c32)CC1.[Cd]. The molecule has 10 heteroatoms. The molecule has 6 rings (SSSR count). The van der Waals surface area contributed by atoms with Crippen molar-refractivity contribution in [1.29, 1.82) is 0 Å². The van der Waals surface area contributed by atoms with Crippen molar-refractivity contribution in [2.75, 3.05) is 13.1 Å². The maximum absolute atomic E-state index is 13.2. The molecule has 186 valence electrons. The van der Waals surface area contributed by atoms with E-state index in [-0.39, 0.29) is 50.4 Å². The quantitative estimate of drug-likeness (QED) is 0.312. The van der Waals surface area contributed by atoms with Gasteiger partial charge in [-0.25, -0.2) is 4.98 Å². The summed E-state index contributed by atoms with van der Waals surface area (Å²) in [4.78, 5) is 31.0. The van der Waals surface area contributed by atoms with Crippen LogP contribution in [-0.4, -0.2) is 46.0 Å². The molecule has 1 saturated heterocycles. The molecule has 0 unspecified atom stereocenters. The molecule has 1 aromatic heterocycles. The number of likely N-dealkylation sites (tertiary alicyclic amines) is 1. The number of rotatable bonds is 2. The summed E-state index contributed by atoms with van der Waals surface area (Å²) in [6.07, 6.45) is 2.14. The Bertz CT molecular complexity index is 1450. The van der Waals surface area contributed by atoms with Gasteiger partial charge in [0.15, 0.2) is 0 Å². The number of hydrogen-bond donors (Lipinski definition) is 0. The van der Waals surface area contributed by atoms with Crippen molar-refractivity contribution >= 4 is 22.8 Å². The number of carbonyl (C=O) groups excluding carboxylic acids is 2. The van der Waals surface area contributed by atoms with Crippen LogP contribution in [0.3, 0.4) is 0 Å². The van der Waals surface area contributed by atoms with E-state index in [1.807, 2.05) is 27.7 Å². The molecule has 3 aliphatic rings. The predicted molar refractivity (Wildman–Crippen MR) is 128 cm³/mol. The monoisotopic (exact) mass is 603 g/mol. The normalized spacial score (nSPS) is 20.3. The smallest absolute Gasteiger partial charge is 0.387 e.